The summed E-state index contributed by atoms with van der Waals surface area (Å²) in [5, 5.41) is 3.16. The Balaban J connectivity index is 1.57. The summed E-state index contributed by atoms with van der Waals surface area (Å²) in [5.74, 6) is -0.799. The van der Waals surface area contributed by atoms with Crippen LogP contribution in [-0.2, 0) is 16.0 Å². The summed E-state index contributed by atoms with van der Waals surface area (Å²) in [6.45, 7) is 5.89. The lowest BCUT2D eigenvalue weighted by molar-refractivity contribution is -0.148. The third kappa shape index (κ3) is 5.93. The van der Waals surface area contributed by atoms with Crippen molar-refractivity contribution >= 4 is 11.7 Å². The van der Waals surface area contributed by atoms with Crippen LogP contribution in [0.4, 0.5) is 0 Å². The third-order valence-corrected chi connectivity index (χ3v) is 7.80. The van der Waals surface area contributed by atoms with E-state index in [1.165, 1.54) is 0 Å². The monoisotopic (exact) mass is 500 g/mol. The van der Waals surface area contributed by atoms with Gasteiger partial charge in [-0.1, -0.05) is 78.4 Å². The number of benzene rings is 2. The van der Waals surface area contributed by atoms with Gasteiger partial charge in [0.05, 0.1) is 23.2 Å². The molecule has 2 bridgehead atoms. The van der Waals surface area contributed by atoms with Gasteiger partial charge >= 0.3 is 0 Å². The van der Waals surface area contributed by atoms with Crippen LogP contribution in [0.2, 0.25) is 0 Å². The molecule has 1 heterocycles. The highest BCUT2D eigenvalue weighted by Crippen LogP contribution is 2.36. The van der Waals surface area contributed by atoms with Crippen LogP contribution in [0.15, 0.2) is 78.4 Å². The maximum Gasteiger partial charge on any atom is 0.229 e. The molecule has 1 amide bonds. The fraction of sp³-hybridized carbons (Fsp3) is 0.419. The van der Waals surface area contributed by atoms with Crippen molar-refractivity contribution in [1.29, 1.82) is 0 Å². The number of likely N-dealkylation sites (tertiary alicyclic amines) is 1. The van der Waals surface area contributed by atoms with Gasteiger partial charge in [-0.15, -0.1) is 0 Å². The molecule has 6 nitrogen and oxygen atoms in total. The summed E-state index contributed by atoms with van der Waals surface area (Å²) in [5.41, 5.74) is 15.5. The van der Waals surface area contributed by atoms with Crippen LogP contribution >= 0.6 is 0 Å². The zero-order chi connectivity index (χ0) is 26.8. The second kappa shape index (κ2) is 10.7. The minimum Gasteiger partial charge on any atom is -0.324 e. The fourth-order valence-corrected chi connectivity index (χ4v) is 5.52. The average molecular weight is 501 g/mol. The van der Waals surface area contributed by atoms with E-state index in [0.29, 0.717) is 19.4 Å². The van der Waals surface area contributed by atoms with Crippen LogP contribution in [0.3, 0.4) is 0 Å². The zero-order valence-corrected chi connectivity index (χ0v) is 22.4. The number of hydrogen-bond donors (Lipinski definition) is 3. The van der Waals surface area contributed by atoms with Crippen molar-refractivity contribution in [3.05, 3.63) is 84.0 Å². The van der Waals surface area contributed by atoms with Crippen molar-refractivity contribution in [3.63, 3.8) is 0 Å². The van der Waals surface area contributed by atoms with Crippen LogP contribution < -0.4 is 16.8 Å². The summed E-state index contributed by atoms with van der Waals surface area (Å²) in [4.78, 5) is 29.6. The highest BCUT2D eigenvalue weighted by atomic mass is 16.2. The number of rotatable bonds is 8. The number of ketones is 1. The number of Topliss-reactive ketones (excluding diaryl/α,β-unsaturated/α-hetero) is 1. The molecule has 4 atom stereocenters. The highest BCUT2D eigenvalue weighted by Gasteiger charge is 2.48. The van der Waals surface area contributed by atoms with Gasteiger partial charge in [-0.25, -0.2) is 0 Å². The molecule has 1 aliphatic heterocycles. The number of nitrogens with two attached hydrogens (primary N) is 2. The molecule has 0 radical (unpaired) electrons. The molecule has 2 aromatic carbocycles. The van der Waals surface area contributed by atoms with Crippen molar-refractivity contribution in [3.8, 4) is 11.1 Å². The van der Waals surface area contributed by atoms with Crippen molar-refractivity contribution in [2.24, 2.45) is 23.3 Å². The number of carbonyl (C=O) groups excluding carboxylic acids is 2. The van der Waals surface area contributed by atoms with Crippen LogP contribution in [0.25, 0.3) is 11.1 Å². The largest absolute Gasteiger partial charge is 0.324 e. The molecule has 37 heavy (non-hydrogen) atoms. The molecule has 196 valence electrons. The minimum atomic E-state index is -1.37. The number of allylic oxidation sites excluding steroid dienone is 3. The Morgan fingerprint density at radius 3 is 2.30 bits per heavy atom. The molecule has 2 aliphatic rings. The zero-order valence-electron chi connectivity index (χ0n) is 22.4. The third-order valence-electron chi connectivity index (χ3n) is 7.80. The molecule has 5 N–H and O–H groups in total. The van der Waals surface area contributed by atoms with Crippen molar-refractivity contribution in [2.75, 3.05) is 13.6 Å². The van der Waals surface area contributed by atoms with E-state index in [1.54, 1.807) is 18.9 Å². The highest BCUT2D eigenvalue weighted by molar-refractivity contribution is 5.98. The second-order valence-corrected chi connectivity index (χ2v) is 11.3. The first-order valence-corrected chi connectivity index (χ1v) is 13.1. The number of amides is 1. The number of carbonyl (C=O) groups is 2. The summed E-state index contributed by atoms with van der Waals surface area (Å²) < 4.78 is 0. The molecule has 0 saturated carbocycles. The van der Waals surface area contributed by atoms with E-state index in [2.05, 4.69) is 41.7 Å². The molecule has 1 aliphatic carbocycles. The maximum absolute atomic E-state index is 13.9. The Bertz CT molecular complexity index is 1180. The van der Waals surface area contributed by atoms with Gasteiger partial charge < -0.3 is 21.7 Å². The lowest BCUT2D eigenvalue weighted by Crippen LogP contribution is -2.65. The van der Waals surface area contributed by atoms with E-state index < -0.39 is 23.2 Å². The summed E-state index contributed by atoms with van der Waals surface area (Å²) in [6, 6.07) is 17.9. The lowest BCUT2D eigenvalue weighted by Gasteiger charge is -2.45. The maximum atomic E-state index is 13.9. The molecule has 2 aromatic rings. The van der Waals surface area contributed by atoms with E-state index in [-0.39, 0.29) is 17.6 Å². The number of fused-ring (bicyclic) bond motifs is 2. The lowest BCUT2D eigenvalue weighted by atomic mass is 9.72. The molecule has 1 fully saturated rings. The summed E-state index contributed by atoms with van der Waals surface area (Å²) in [6.07, 6.45) is 8.02. The number of nitrogens with zero attached hydrogens (tertiary/aromatic N) is 1. The van der Waals surface area contributed by atoms with Gasteiger partial charge in [0.2, 0.25) is 5.91 Å². The summed E-state index contributed by atoms with van der Waals surface area (Å²) in [7, 11) is 1.77. The van der Waals surface area contributed by atoms with Gasteiger partial charge in [0, 0.05) is 6.54 Å². The molecule has 0 aromatic heterocycles. The quantitative estimate of drug-likeness (QED) is 0.512. The van der Waals surface area contributed by atoms with Crippen LogP contribution in [0.5, 0.6) is 0 Å². The van der Waals surface area contributed by atoms with Crippen LogP contribution in [0.1, 0.15) is 39.2 Å². The number of likely N-dealkylation sites (N-methyl/N-ethyl adjacent to an activating group) is 1. The first-order valence-electron chi connectivity index (χ1n) is 13.1. The van der Waals surface area contributed by atoms with Gasteiger partial charge in [0.15, 0.2) is 5.78 Å². The van der Waals surface area contributed by atoms with E-state index in [9.17, 15) is 9.59 Å². The van der Waals surface area contributed by atoms with E-state index in [1.807, 2.05) is 50.3 Å². The fourth-order valence-electron chi connectivity index (χ4n) is 5.52. The van der Waals surface area contributed by atoms with E-state index in [4.69, 9.17) is 11.5 Å². The second-order valence-electron chi connectivity index (χ2n) is 11.3. The Kier molecular flexibility index (Phi) is 7.83. The topological polar surface area (TPSA) is 101 Å². The molecule has 1 saturated heterocycles. The Labute approximate surface area is 220 Å². The first-order chi connectivity index (χ1) is 17.5. The first kappa shape index (κ1) is 27.0. The van der Waals surface area contributed by atoms with Crippen molar-refractivity contribution < 1.29 is 9.59 Å². The minimum absolute atomic E-state index is 0.154. The standard InChI is InChI=1S/C31H40N4O2/c1-30(2,32)35-20-23-10-8-9-22(17-23)18-26(29(35)37)31(3,33)28(36)27(34-4)19-21-13-15-25(16-14-21)24-11-6-5-7-12-24/h5-16,23,26-27,34H,17-20,32-33H2,1-4H3/t23?,26?,27-,31?/m1/s1. The normalized spacial score (nSPS) is 22.5. The van der Waals surface area contributed by atoms with Gasteiger partial charge in [-0.05, 0) is 69.7 Å². The van der Waals surface area contributed by atoms with Crippen molar-refractivity contribution in [2.45, 2.75) is 57.3 Å². The van der Waals surface area contributed by atoms with Gasteiger partial charge in [-0.3, -0.25) is 9.59 Å². The molecular formula is C31H40N4O2. The van der Waals surface area contributed by atoms with Crippen LogP contribution in [-0.4, -0.2) is 47.4 Å². The molecule has 3 unspecified atom stereocenters. The predicted octanol–water partition coefficient (Wildman–Crippen LogP) is 3.82. The SMILES string of the molecule is CN[C@H](Cc1ccc(-c2ccccc2)cc1)C(=O)C(C)(N)C1CC2=CC=CC(C2)CN(C(C)(C)N)C1=O. The van der Waals surface area contributed by atoms with E-state index >= 15 is 0 Å². The average Bonchev–Trinajstić information content (AvgIpc) is 2.88. The Morgan fingerprint density at radius 2 is 1.68 bits per heavy atom. The Hall–Kier alpha value is -3.06. The number of nitrogens with one attached hydrogen (secondary N) is 1. The molecule has 0 spiro atoms. The van der Waals surface area contributed by atoms with Gasteiger partial charge in [-0.2, -0.15) is 0 Å². The molecular weight excluding hydrogens is 460 g/mol. The summed E-state index contributed by atoms with van der Waals surface area (Å²) >= 11 is 0. The van der Waals surface area contributed by atoms with Gasteiger partial charge in [0.1, 0.15) is 0 Å². The Morgan fingerprint density at radius 1 is 1.03 bits per heavy atom. The molecule has 6 heteroatoms. The van der Waals surface area contributed by atoms with E-state index in [0.717, 1.165) is 28.7 Å². The predicted molar refractivity (Wildman–Crippen MR) is 149 cm³/mol. The smallest absolute Gasteiger partial charge is 0.229 e. The van der Waals surface area contributed by atoms with Gasteiger partial charge in [0.25, 0.3) is 0 Å². The molecule has 4 rings (SSSR count). The number of hydrogen-bond acceptors (Lipinski definition) is 5. The van der Waals surface area contributed by atoms with Crippen molar-refractivity contribution in [1.82, 2.24) is 10.2 Å². The van der Waals surface area contributed by atoms with Crippen LogP contribution in [0, 0.1) is 11.8 Å².